The number of hydrogen-bond donors (Lipinski definition) is 0. The molecule has 2 aromatic heterocycles. The molecule has 0 radical (unpaired) electrons. The van der Waals surface area contributed by atoms with Gasteiger partial charge in [-0.1, -0.05) is 42.0 Å². The molecule has 0 bridgehead atoms. The van der Waals surface area contributed by atoms with E-state index >= 15 is 0 Å². The first-order valence-corrected chi connectivity index (χ1v) is 9.42. The third-order valence-corrected chi connectivity index (χ3v) is 5.36. The van der Waals surface area contributed by atoms with Crippen LogP contribution in [0.15, 0.2) is 53.3 Å². The van der Waals surface area contributed by atoms with E-state index in [0.717, 1.165) is 20.8 Å². The zero-order valence-electron chi connectivity index (χ0n) is 15.2. The molecule has 0 spiro atoms. The number of thiazole rings is 1. The van der Waals surface area contributed by atoms with Crippen LogP contribution in [-0.2, 0) is 6.54 Å². The van der Waals surface area contributed by atoms with Gasteiger partial charge in [-0.25, -0.2) is 9.67 Å². The van der Waals surface area contributed by atoms with E-state index in [2.05, 4.69) is 10.1 Å². The number of aryl methyl sites for hydroxylation is 2. The minimum atomic E-state index is -0.454. The van der Waals surface area contributed by atoms with Gasteiger partial charge in [-0.2, -0.15) is 5.10 Å². The van der Waals surface area contributed by atoms with Crippen LogP contribution < -0.4 is 5.56 Å². The molecule has 4 aromatic rings. The van der Waals surface area contributed by atoms with Crippen LogP contribution in [0.3, 0.4) is 0 Å². The number of aromatic nitrogens is 3. The van der Waals surface area contributed by atoms with Gasteiger partial charge in [0.2, 0.25) is 0 Å². The Hall–Kier alpha value is -3.39. The Balaban J connectivity index is 1.88. The van der Waals surface area contributed by atoms with Gasteiger partial charge in [-0.15, -0.1) is 11.3 Å². The third-order valence-electron chi connectivity index (χ3n) is 4.39. The van der Waals surface area contributed by atoms with E-state index in [0.29, 0.717) is 16.8 Å². The average molecular weight is 392 g/mol. The lowest BCUT2D eigenvalue weighted by atomic mass is 10.1. The van der Waals surface area contributed by atoms with Gasteiger partial charge in [0, 0.05) is 17.7 Å². The Labute approximate surface area is 164 Å². The number of nitro groups is 1. The van der Waals surface area contributed by atoms with Crippen LogP contribution in [0.5, 0.6) is 0 Å². The fourth-order valence-electron chi connectivity index (χ4n) is 3.02. The molecule has 8 heteroatoms. The molecule has 0 saturated heterocycles. The van der Waals surface area contributed by atoms with Crippen molar-refractivity contribution < 1.29 is 4.92 Å². The highest BCUT2D eigenvalue weighted by atomic mass is 32.1. The first-order valence-electron chi connectivity index (χ1n) is 8.61. The Morgan fingerprint density at radius 3 is 2.61 bits per heavy atom. The molecule has 2 heterocycles. The Kier molecular flexibility index (Phi) is 4.48. The maximum absolute atomic E-state index is 12.9. The molecule has 7 nitrogen and oxygen atoms in total. The van der Waals surface area contributed by atoms with Crippen LogP contribution in [0, 0.1) is 24.0 Å². The summed E-state index contributed by atoms with van der Waals surface area (Å²) in [6.45, 7) is 3.99. The molecule has 0 aliphatic heterocycles. The van der Waals surface area contributed by atoms with Gasteiger partial charge in [-0.05, 0) is 19.4 Å². The lowest BCUT2D eigenvalue weighted by molar-refractivity contribution is -0.384. The fraction of sp³-hybridized carbons (Fsp3) is 0.150. The normalized spacial score (nSPS) is 11.1. The predicted molar refractivity (Wildman–Crippen MR) is 109 cm³/mol. The SMILES string of the molecule is Cc1ccc(-c2nn(Cc3cccc([N+](=O)[O-])c3)c(=O)c3nc(C)sc23)cc1. The van der Waals surface area contributed by atoms with Crippen LogP contribution in [0.2, 0.25) is 0 Å². The minimum absolute atomic E-state index is 0.0186. The first kappa shape index (κ1) is 18.0. The van der Waals surface area contributed by atoms with E-state index in [4.69, 9.17) is 0 Å². The van der Waals surface area contributed by atoms with Crippen LogP contribution >= 0.6 is 11.3 Å². The van der Waals surface area contributed by atoms with Gasteiger partial charge < -0.3 is 0 Å². The molecule has 2 aromatic carbocycles. The first-order chi connectivity index (χ1) is 13.4. The summed E-state index contributed by atoms with van der Waals surface area (Å²) >= 11 is 1.44. The molecular weight excluding hydrogens is 376 g/mol. The van der Waals surface area contributed by atoms with Crippen molar-refractivity contribution in [3.05, 3.63) is 85.1 Å². The van der Waals surface area contributed by atoms with Gasteiger partial charge in [0.25, 0.3) is 11.2 Å². The highest BCUT2D eigenvalue weighted by Gasteiger charge is 2.17. The molecule has 0 amide bonds. The summed E-state index contributed by atoms with van der Waals surface area (Å²) in [7, 11) is 0. The molecule has 0 fully saturated rings. The van der Waals surface area contributed by atoms with Crippen LogP contribution in [0.1, 0.15) is 16.1 Å². The highest BCUT2D eigenvalue weighted by Crippen LogP contribution is 2.29. The molecule has 0 aliphatic carbocycles. The molecule has 0 unspecified atom stereocenters. The third kappa shape index (κ3) is 3.29. The number of benzene rings is 2. The second kappa shape index (κ2) is 6.97. The Morgan fingerprint density at radius 2 is 1.89 bits per heavy atom. The summed E-state index contributed by atoms with van der Waals surface area (Å²) in [6.07, 6.45) is 0. The fourth-order valence-corrected chi connectivity index (χ4v) is 3.93. The van der Waals surface area contributed by atoms with E-state index in [1.165, 1.54) is 28.2 Å². The van der Waals surface area contributed by atoms with Crippen molar-refractivity contribution in [2.24, 2.45) is 0 Å². The summed E-state index contributed by atoms with van der Waals surface area (Å²) in [5.41, 5.74) is 3.39. The Bertz CT molecular complexity index is 1260. The second-order valence-electron chi connectivity index (χ2n) is 6.52. The van der Waals surface area contributed by atoms with Crippen LogP contribution in [0.4, 0.5) is 5.69 Å². The number of non-ortho nitro benzene ring substituents is 1. The van der Waals surface area contributed by atoms with Gasteiger partial charge in [0.05, 0.1) is 21.2 Å². The summed E-state index contributed by atoms with van der Waals surface area (Å²) in [6, 6.07) is 14.1. The minimum Gasteiger partial charge on any atom is -0.265 e. The molecule has 4 rings (SSSR count). The topological polar surface area (TPSA) is 90.9 Å². The molecule has 0 atom stereocenters. The summed E-state index contributed by atoms with van der Waals surface area (Å²) in [5.74, 6) is 0. The Morgan fingerprint density at radius 1 is 1.14 bits per heavy atom. The van der Waals surface area contributed by atoms with Crippen molar-refractivity contribution in [2.45, 2.75) is 20.4 Å². The monoisotopic (exact) mass is 392 g/mol. The smallest absolute Gasteiger partial charge is 0.265 e. The average Bonchev–Trinajstić information content (AvgIpc) is 3.07. The van der Waals surface area contributed by atoms with Gasteiger partial charge >= 0.3 is 0 Å². The number of hydrogen-bond acceptors (Lipinski definition) is 6. The van der Waals surface area contributed by atoms with Gasteiger partial charge in [-0.3, -0.25) is 14.9 Å². The zero-order valence-corrected chi connectivity index (χ0v) is 16.1. The molecule has 0 aliphatic rings. The molecular formula is C20H16N4O3S. The van der Waals surface area contributed by atoms with Crippen molar-refractivity contribution in [3.63, 3.8) is 0 Å². The predicted octanol–water partition coefficient (Wildman–Crippen LogP) is 4.09. The zero-order chi connectivity index (χ0) is 19.8. The quantitative estimate of drug-likeness (QED) is 0.385. The van der Waals surface area contributed by atoms with E-state index in [1.807, 2.05) is 38.1 Å². The van der Waals surface area contributed by atoms with Crippen molar-refractivity contribution in [1.29, 1.82) is 0 Å². The lowest BCUT2D eigenvalue weighted by Gasteiger charge is -2.09. The lowest BCUT2D eigenvalue weighted by Crippen LogP contribution is -2.24. The van der Waals surface area contributed by atoms with Crippen LogP contribution in [-0.4, -0.2) is 19.7 Å². The summed E-state index contributed by atoms with van der Waals surface area (Å²) < 4.78 is 2.08. The largest absolute Gasteiger partial charge is 0.294 e. The summed E-state index contributed by atoms with van der Waals surface area (Å²) in [4.78, 5) is 27.9. The van der Waals surface area contributed by atoms with E-state index < -0.39 is 4.92 Å². The summed E-state index contributed by atoms with van der Waals surface area (Å²) in [5, 5.41) is 16.4. The molecule has 140 valence electrons. The van der Waals surface area contributed by atoms with E-state index in [1.54, 1.807) is 12.1 Å². The molecule has 0 N–H and O–H groups in total. The number of fused-ring (bicyclic) bond motifs is 1. The van der Waals surface area contributed by atoms with Gasteiger partial charge in [0.15, 0.2) is 5.52 Å². The van der Waals surface area contributed by atoms with Crippen LogP contribution in [0.25, 0.3) is 21.5 Å². The molecule has 0 saturated carbocycles. The van der Waals surface area contributed by atoms with Crippen molar-refractivity contribution in [3.8, 4) is 11.3 Å². The maximum atomic E-state index is 12.9. The number of rotatable bonds is 4. The standard InChI is InChI=1S/C20H16N4O3S/c1-12-6-8-15(9-7-12)17-19-18(21-13(2)28-19)20(25)23(22-17)11-14-4-3-5-16(10-14)24(26)27/h3-10H,11H2,1-2H3. The van der Waals surface area contributed by atoms with Crippen molar-refractivity contribution in [2.75, 3.05) is 0 Å². The maximum Gasteiger partial charge on any atom is 0.294 e. The van der Waals surface area contributed by atoms with E-state index in [-0.39, 0.29) is 17.8 Å². The van der Waals surface area contributed by atoms with E-state index in [9.17, 15) is 14.9 Å². The number of nitro benzene ring substituents is 1. The second-order valence-corrected chi connectivity index (χ2v) is 7.72. The molecule has 28 heavy (non-hydrogen) atoms. The van der Waals surface area contributed by atoms with Gasteiger partial charge in [0.1, 0.15) is 5.69 Å². The number of nitrogens with zero attached hydrogens (tertiary/aromatic N) is 4. The highest BCUT2D eigenvalue weighted by molar-refractivity contribution is 7.19. The van der Waals surface area contributed by atoms with Crippen molar-refractivity contribution >= 4 is 27.2 Å². The van der Waals surface area contributed by atoms with Crippen molar-refractivity contribution in [1.82, 2.24) is 14.8 Å².